The van der Waals surface area contributed by atoms with Gasteiger partial charge in [0.15, 0.2) is 0 Å². The third-order valence-corrected chi connectivity index (χ3v) is 5.53. The van der Waals surface area contributed by atoms with Crippen molar-refractivity contribution in [3.05, 3.63) is 28.8 Å². The first-order chi connectivity index (χ1) is 9.79. The predicted molar refractivity (Wildman–Crippen MR) is 84.0 cm³/mol. The fourth-order valence-corrected chi connectivity index (χ4v) is 3.48. The molecule has 0 radical (unpaired) electrons. The zero-order valence-electron chi connectivity index (χ0n) is 12.1. The second kappa shape index (κ2) is 6.34. The first kappa shape index (κ1) is 16.3. The van der Waals surface area contributed by atoms with Gasteiger partial charge in [-0.25, -0.2) is 12.7 Å². The normalized spacial score (nSPS) is 17.7. The van der Waals surface area contributed by atoms with Crippen molar-refractivity contribution in [1.29, 1.82) is 0 Å². The van der Waals surface area contributed by atoms with Gasteiger partial charge in [0.2, 0.25) is 15.9 Å². The lowest BCUT2D eigenvalue weighted by molar-refractivity contribution is -0.120. The van der Waals surface area contributed by atoms with E-state index >= 15 is 0 Å². The number of halogens is 1. The standard InChI is InChI=1S/C14H19ClN2O3S/c1-10-12(15)4-3-5-13(10)16-14(18)11-6-8-17(9-7-11)21(2,19)20/h3-5,11H,6-9H2,1-2H3,(H,16,18). The van der Waals surface area contributed by atoms with E-state index in [1.807, 2.05) is 13.0 Å². The number of anilines is 1. The van der Waals surface area contributed by atoms with Gasteiger partial charge in [-0.1, -0.05) is 17.7 Å². The summed E-state index contributed by atoms with van der Waals surface area (Å²) in [6.45, 7) is 2.64. The number of piperidine rings is 1. The summed E-state index contributed by atoms with van der Waals surface area (Å²) in [5, 5.41) is 3.49. The predicted octanol–water partition coefficient (Wildman–Crippen LogP) is 2.26. The van der Waals surface area contributed by atoms with Gasteiger partial charge in [0.1, 0.15) is 0 Å². The molecule has 0 saturated carbocycles. The lowest BCUT2D eigenvalue weighted by atomic mass is 9.97. The van der Waals surface area contributed by atoms with Crippen LogP contribution in [0.15, 0.2) is 18.2 Å². The molecular weight excluding hydrogens is 312 g/mol. The van der Waals surface area contributed by atoms with Gasteiger partial charge in [-0.15, -0.1) is 0 Å². The van der Waals surface area contributed by atoms with E-state index in [4.69, 9.17) is 11.6 Å². The monoisotopic (exact) mass is 330 g/mol. The Balaban J connectivity index is 1.98. The highest BCUT2D eigenvalue weighted by molar-refractivity contribution is 7.88. The van der Waals surface area contributed by atoms with Crippen LogP contribution in [0.2, 0.25) is 5.02 Å². The topological polar surface area (TPSA) is 66.5 Å². The van der Waals surface area contributed by atoms with Gasteiger partial charge in [0, 0.05) is 29.7 Å². The number of hydrogen-bond donors (Lipinski definition) is 1. The van der Waals surface area contributed by atoms with Crippen LogP contribution in [0.4, 0.5) is 5.69 Å². The Hall–Kier alpha value is -1.11. The SMILES string of the molecule is Cc1c(Cl)cccc1NC(=O)C1CCN(S(C)(=O)=O)CC1. The van der Waals surface area contributed by atoms with Crippen LogP contribution in [0.5, 0.6) is 0 Å². The number of sulfonamides is 1. The molecule has 2 rings (SSSR count). The number of benzene rings is 1. The summed E-state index contributed by atoms with van der Waals surface area (Å²) >= 11 is 6.03. The van der Waals surface area contributed by atoms with Crippen LogP contribution < -0.4 is 5.32 Å². The molecule has 1 aromatic rings. The molecule has 5 nitrogen and oxygen atoms in total. The number of carbonyl (C=O) groups is 1. The summed E-state index contributed by atoms with van der Waals surface area (Å²) in [5.74, 6) is -0.241. The number of nitrogens with one attached hydrogen (secondary N) is 1. The van der Waals surface area contributed by atoms with E-state index in [-0.39, 0.29) is 11.8 Å². The molecule has 116 valence electrons. The number of carbonyl (C=O) groups excluding carboxylic acids is 1. The molecule has 0 atom stereocenters. The fourth-order valence-electron chi connectivity index (χ4n) is 2.43. The maximum atomic E-state index is 12.3. The minimum absolute atomic E-state index is 0.0754. The van der Waals surface area contributed by atoms with E-state index in [1.165, 1.54) is 10.6 Å². The van der Waals surface area contributed by atoms with Crippen LogP contribution >= 0.6 is 11.6 Å². The summed E-state index contributed by atoms with van der Waals surface area (Å²) in [7, 11) is -3.16. The van der Waals surface area contributed by atoms with E-state index in [1.54, 1.807) is 12.1 Å². The Bertz CT molecular complexity index is 638. The van der Waals surface area contributed by atoms with E-state index in [2.05, 4.69) is 5.32 Å². The van der Waals surface area contributed by atoms with Crippen LogP contribution in [0.25, 0.3) is 0 Å². The van der Waals surface area contributed by atoms with Crippen LogP contribution in [0.1, 0.15) is 18.4 Å². The number of amides is 1. The number of hydrogen-bond acceptors (Lipinski definition) is 3. The van der Waals surface area contributed by atoms with Crippen LogP contribution in [0, 0.1) is 12.8 Å². The molecule has 21 heavy (non-hydrogen) atoms. The molecule has 1 amide bonds. The average Bonchev–Trinajstić information content (AvgIpc) is 2.43. The Morgan fingerprint density at radius 3 is 2.52 bits per heavy atom. The number of nitrogens with zero attached hydrogens (tertiary/aromatic N) is 1. The second-order valence-corrected chi connectivity index (χ2v) is 7.73. The van der Waals surface area contributed by atoms with E-state index in [0.29, 0.717) is 36.6 Å². The smallest absolute Gasteiger partial charge is 0.227 e. The first-order valence-corrected chi connectivity index (χ1v) is 9.03. The molecule has 0 aliphatic carbocycles. The van der Waals surface area contributed by atoms with E-state index in [9.17, 15) is 13.2 Å². The molecule has 0 unspecified atom stereocenters. The summed E-state index contributed by atoms with van der Waals surface area (Å²) in [4.78, 5) is 12.3. The zero-order valence-corrected chi connectivity index (χ0v) is 13.7. The lowest BCUT2D eigenvalue weighted by Gasteiger charge is -2.29. The molecule has 1 aromatic carbocycles. The molecule has 0 aromatic heterocycles. The van der Waals surface area contributed by atoms with Crippen molar-refractivity contribution >= 4 is 33.2 Å². The Labute approximate surface area is 130 Å². The first-order valence-electron chi connectivity index (χ1n) is 6.80. The van der Waals surface area contributed by atoms with Gasteiger partial charge >= 0.3 is 0 Å². The molecule has 0 spiro atoms. The largest absolute Gasteiger partial charge is 0.326 e. The molecular formula is C14H19ClN2O3S. The maximum Gasteiger partial charge on any atom is 0.227 e. The molecule has 1 heterocycles. The third kappa shape index (κ3) is 3.96. The van der Waals surface area contributed by atoms with Crippen LogP contribution in [-0.4, -0.2) is 38.0 Å². The van der Waals surface area contributed by atoms with Gasteiger partial charge < -0.3 is 5.32 Å². The van der Waals surface area contributed by atoms with E-state index in [0.717, 1.165) is 5.56 Å². The summed E-state index contributed by atoms with van der Waals surface area (Å²) in [6.07, 6.45) is 2.28. The van der Waals surface area contributed by atoms with Crippen molar-refractivity contribution in [3.63, 3.8) is 0 Å². The van der Waals surface area contributed by atoms with Crippen LogP contribution in [-0.2, 0) is 14.8 Å². The highest BCUT2D eigenvalue weighted by Crippen LogP contribution is 2.25. The van der Waals surface area contributed by atoms with Gasteiger partial charge in [-0.3, -0.25) is 4.79 Å². The van der Waals surface area contributed by atoms with Gasteiger partial charge in [-0.2, -0.15) is 0 Å². The van der Waals surface area contributed by atoms with E-state index < -0.39 is 10.0 Å². The Morgan fingerprint density at radius 2 is 1.95 bits per heavy atom. The second-order valence-electron chi connectivity index (χ2n) is 5.34. The quantitative estimate of drug-likeness (QED) is 0.924. The molecule has 1 fully saturated rings. The highest BCUT2D eigenvalue weighted by Gasteiger charge is 2.29. The van der Waals surface area contributed by atoms with Crippen molar-refractivity contribution in [2.75, 3.05) is 24.7 Å². The van der Waals surface area contributed by atoms with Crippen molar-refractivity contribution in [2.24, 2.45) is 5.92 Å². The zero-order chi connectivity index (χ0) is 15.6. The molecule has 1 saturated heterocycles. The molecule has 1 aliphatic rings. The van der Waals surface area contributed by atoms with Gasteiger partial charge in [0.25, 0.3) is 0 Å². The summed E-state index contributed by atoms with van der Waals surface area (Å²) in [6, 6.07) is 5.37. The van der Waals surface area contributed by atoms with Crippen molar-refractivity contribution in [3.8, 4) is 0 Å². The fraction of sp³-hybridized carbons (Fsp3) is 0.500. The highest BCUT2D eigenvalue weighted by atomic mass is 35.5. The maximum absolute atomic E-state index is 12.3. The molecule has 1 aliphatic heterocycles. The van der Waals surface area contributed by atoms with Gasteiger partial charge in [-0.05, 0) is 37.5 Å². The molecule has 0 bridgehead atoms. The van der Waals surface area contributed by atoms with Crippen LogP contribution in [0.3, 0.4) is 0 Å². The van der Waals surface area contributed by atoms with Crippen molar-refractivity contribution in [1.82, 2.24) is 4.31 Å². The van der Waals surface area contributed by atoms with Crippen molar-refractivity contribution < 1.29 is 13.2 Å². The van der Waals surface area contributed by atoms with Gasteiger partial charge in [0.05, 0.1) is 6.26 Å². The third-order valence-electron chi connectivity index (χ3n) is 3.82. The average molecular weight is 331 g/mol. The van der Waals surface area contributed by atoms with Crippen molar-refractivity contribution in [2.45, 2.75) is 19.8 Å². The minimum Gasteiger partial charge on any atom is -0.326 e. The number of rotatable bonds is 3. The summed E-state index contributed by atoms with van der Waals surface area (Å²) < 4.78 is 24.3. The lowest BCUT2D eigenvalue weighted by Crippen LogP contribution is -2.40. The molecule has 7 heteroatoms. The minimum atomic E-state index is -3.16. The Morgan fingerprint density at radius 1 is 1.33 bits per heavy atom. The summed E-state index contributed by atoms with van der Waals surface area (Å²) in [5.41, 5.74) is 1.54. The molecule has 1 N–H and O–H groups in total. The Kier molecular flexibility index (Phi) is 4.91.